The van der Waals surface area contributed by atoms with Gasteiger partial charge in [-0.15, -0.1) is 0 Å². The first-order valence-electron chi connectivity index (χ1n) is 7.55. The standard InChI is InChI=1S/C19H16F2O5/c1-24-17-5-3-2-4-15(17)16(22)12-25-18(23)11-8-13-6-9-14(10-7-13)26-19(20)21/h2-11,19H,12H2,1H3/b11-8+. The molecule has 0 aliphatic heterocycles. The van der Waals surface area contributed by atoms with E-state index in [9.17, 15) is 18.4 Å². The highest BCUT2D eigenvalue weighted by Gasteiger charge is 2.13. The Balaban J connectivity index is 1.88. The number of alkyl halides is 2. The van der Waals surface area contributed by atoms with Crippen LogP contribution in [0.2, 0.25) is 0 Å². The average Bonchev–Trinajstić information content (AvgIpc) is 2.65. The molecule has 0 atom stereocenters. The van der Waals surface area contributed by atoms with Gasteiger partial charge in [-0.2, -0.15) is 8.78 Å². The number of carbonyl (C=O) groups is 2. The van der Waals surface area contributed by atoms with Crippen LogP contribution >= 0.6 is 0 Å². The van der Waals surface area contributed by atoms with Crippen molar-refractivity contribution < 1.29 is 32.6 Å². The largest absolute Gasteiger partial charge is 0.496 e. The molecule has 26 heavy (non-hydrogen) atoms. The van der Waals surface area contributed by atoms with Crippen LogP contribution in [-0.4, -0.2) is 32.1 Å². The highest BCUT2D eigenvalue weighted by atomic mass is 19.3. The summed E-state index contributed by atoms with van der Waals surface area (Å²) in [5, 5.41) is 0. The van der Waals surface area contributed by atoms with Gasteiger partial charge in [0.25, 0.3) is 0 Å². The van der Waals surface area contributed by atoms with Crippen LogP contribution in [0.15, 0.2) is 54.6 Å². The first-order valence-corrected chi connectivity index (χ1v) is 7.55. The molecule has 0 aliphatic rings. The lowest BCUT2D eigenvalue weighted by molar-refractivity contribution is -0.136. The van der Waals surface area contributed by atoms with Crippen LogP contribution in [0.1, 0.15) is 15.9 Å². The fraction of sp³-hybridized carbons (Fsp3) is 0.158. The Labute approximate surface area is 148 Å². The van der Waals surface area contributed by atoms with Crippen molar-refractivity contribution in [1.29, 1.82) is 0 Å². The highest BCUT2D eigenvalue weighted by molar-refractivity contribution is 6.01. The molecule has 2 aromatic rings. The number of para-hydroxylation sites is 1. The summed E-state index contributed by atoms with van der Waals surface area (Å²) in [7, 11) is 1.44. The summed E-state index contributed by atoms with van der Waals surface area (Å²) in [5.41, 5.74) is 0.904. The number of Topliss-reactive ketones (excluding diaryl/α,β-unsaturated/α-hetero) is 1. The van der Waals surface area contributed by atoms with Crippen LogP contribution < -0.4 is 9.47 Å². The Morgan fingerprint density at radius 2 is 1.77 bits per heavy atom. The molecule has 0 aliphatic carbocycles. The van der Waals surface area contributed by atoms with Crippen molar-refractivity contribution in [2.45, 2.75) is 6.61 Å². The lowest BCUT2D eigenvalue weighted by Gasteiger charge is -2.07. The zero-order chi connectivity index (χ0) is 18.9. The molecule has 0 fully saturated rings. The van der Waals surface area contributed by atoms with Crippen molar-refractivity contribution >= 4 is 17.8 Å². The third-order valence-corrected chi connectivity index (χ3v) is 3.27. The van der Waals surface area contributed by atoms with E-state index in [4.69, 9.17) is 9.47 Å². The second-order valence-electron chi connectivity index (χ2n) is 5.01. The Morgan fingerprint density at radius 1 is 1.08 bits per heavy atom. The smallest absolute Gasteiger partial charge is 0.387 e. The summed E-state index contributed by atoms with van der Waals surface area (Å²) in [5.74, 6) is -0.684. The predicted molar refractivity (Wildman–Crippen MR) is 90.4 cm³/mol. The molecule has 0 N–H and O–H groups in total. The van der Waals surface area contributed by atoms with E-state index in [0.717, 1.165) is 6.08 Å². The number of rotatable bonds is 8. The van der Waals surface area contributed by atoms with Gasteiger partial charge in [0.05, 0.1) is 12.7 Å². The first kappa shape index (κ1) is 19.1. The Hall–Kier alpha value is -3.22. The normalized spacial score (nSPS) is 10.8. The van der Waals surface area contributed by atoms with E-state index in [1.165, 1.54) is 37.5 Å². The maximum atomic E-state index is 12.1. The van der Waals surface area contributed by atoms with Gasteiger partial charge in [0.1, 0.15) is 11.5 Å². The van der Waals surface area contributed by atoms with Gasteiger partial charge in [-0.3, -0.25) is 4.79 Å². The van der Waals surface area contributed by atoms with Gasteiger partial charge >= 0.3 is 12.6 Å². The number of hydrogen-bond acceptors (Lipinski definition) is 5. The number of carbonyl (C=O) groups excluding carboxylic acids is 2. The Kier molecular flexibility index (Phi) is 6.84. The third kappa shape index (κ3) is 5.70. The van der Waals surface area contributed by atoms with Crippen LogP contribution in [0.3, 0.4) is 0 Å². The first-order chi connectivity index (χ1) is 12.5. The number of hydrogen-bond donors (Lipinski definition) is 0. The van der Waals surface area contributed by atoms with E-state index in [2.05, 4.69) is 4.74 Å². The molecule has 5 nitrogen and oxygen atoms in total. The molecule has 2 rings (SSSR count). The average molecular weight is 362 g/mol. The Morgan fingerprint density at radius 3 is 2.42 bits per heavy atom. The van der Waals surface area contributed by atoms with Crippen LogP contribution in [0.5, 0.6) is 11.5 Å². The number of ketones is 1. The highest BCUT2D eigenvalue weighted by Crippen LogP contribution is 2.18. The minimum atomic E-state index is -2.90. The molecule has 0 heterocycles. The second-order valence-corrected chi connectivity index (χ2v) is 5.01. The monoisotopic (exact) mass is 362 g/mol. The number of ether oxygens (including phenoxy) is 3. The van der Waals surface area contributed by atoms with Gasteiger partial charge in [-0.05, 0) is 35.9 Å². The van der Waals surface area contributed by atoms with E-state index < -0.39 is 25.0 Å². The van der Waals surface area contributed by atoms with E-state index in [1.54, 1.807) is 24.3 Å². The molecular weight excluding hydrogens is 346 g/mol. The molecule has 0 unspecified atom stereocenters. The molecule has 0 saturated heterocycles. The molecule has 0 saturated carbocycles. The predicted octanol–water partition coefficient (Wildman–Crippen LogP) is 3.74. The van der Waals surface area contributed by atoms with Gasteiger partial charge in [0.2, 0.25) is 5.78 Å². The molecule has 0 radical (unpaired) electrons. The summed E-state index contributed by atoms with van der Waals surface area (Å²) < 4.78 is 38.3. The van der Waals surface area contributed by atoms with Crippen molar-refractivity contribution in [3.63, 3.8) is 0 Å². The zero-order valence-electron chi connectivity index (χ0n) is 13.9. The summed E-state index contributed by atoms with van der Waals surface area (Å²) in [6.45, 7) is -3.32. The van der Waals surface area contributed by atoms with E-state index in [1.807, 2.05) is 0 Å². The molecule has 136 valence electrons. The van der Waals surface area contributed by atoms with E-state index in [-0.39, 0.29) is 5.75 Å². The van der Waals surface area contributed by atoms with Crippen molar-refractivity contribution in [2.75, 3.05) is 13.7 Å². The van der Waals surface area contributed by atoms with Gasteiger partial charge in [-0.25, -0.2) is 4.79 Å². The number of methoxy groups -OCH3 is 1. The molecular formula is C19H16F2O5. The quantitative estimate of drug-likeness (QED) is 0.407. The van der Waals surface area contributed by atoms with Crippen molar-refractivity contribution in [2.24, 2.45) is 0 Å². The zero-order valence-corrected chi connectivity index (χ0v) is 13.9. The van der Waals surface area contributed by atoms with Gasteiger partial charge in [0, 0.05) is 6.08 Å². The van der Waals surface area contributed by atoms with Crippen molar-refractivity contribution in [3.05, 3.63) is 65.7 Å². The third-order valence-electron chi connectivity index (χ3n) is 3.27. The number of halogens is 2. The van der Waals surface area contributed by atoms with Gasteiger partial charge in [0.15, 0.2) is 6.61 Å². The van der Waals surface area contributed by atoms with Crippen LogP contribution in [0.4, 0.5) is 8.78 Å². The Bertz CT molecular complexity index is 785. The lowest BCUT2D eigenvalue weighted by atomic mass is 10.1. The van der Waals surface area contributed by atoms with Gasteiger partial charge in [-0.1, -0.05) is 24.3 Å². The molecule has 0 aromatic heterocycles. The van der Waals surface area contributed by atoms with Crippen LogP contribution in [0, 0.1) is 0 Å². The maximum Gasteiger partial charge on any atom is 0.387 e. The SMILES string of the molecule is COc1ccccc1C(=O)COC(=O)/C=C/c1ccc(OC(F)F)cc1. The van der Waals surface area contributed by atoms with E-state index >= 15 is 0 Å². The summed E-state index contributed by atoms with van der Waals surface area (Å²) in [6.07, 6.45) is 2.57. The van der Waals surface area contributed by atoms with Gasteiger partial charge < -0.3 is 14.2 Å². The van der Waals surface area contributed by atoms with Crippen LogP contribution in [0.25, 0.3) is 6.08 Å². The fourth-order valence-corrected chi connectivity index (χ4v) is 2.06. The maximum absolute atomic E-state index is 12.1. The second kappa shape index (κ2) is 9.31. The minimum Gasteiger partial charge on any atom is -0.496 e. The molecule has 0 spiro atoms. The van der Waals surface area contributed by atoms with Crippen molar-refractivity contribution in [3.8, 4) is 11.5 Å². The van der Waals surface area contributed by atoms with Crippen LogP contribution in [-0.2, 0) is 9.53 Å². The molecule has 0 amide bonds. The summed E-state index contributed by atoms with van der Waals surface area (Å²) in [6, 6.07) is 12.3. The lowest BCUT2D eigenvalue weighted by Crippen LogP contribution is -2.13. The summed E-state index contributed by atoms with van der Waals surface area (Å²) >= 11 is 0. The molecule has 7 heteroatoms. The molecule has 2 aromatic carbocycles. The molecule has 0 bridgehead atoms. The minimum absolute atomic E-state index is 0.0159. The number of esters is 1. The van der Waals surface area contributed by atoms with Crippen molar-refractivity contribution in [1.82, 2.24) is 0 Å². The summed E-state index contributed by atoms with van der Waals surface area (Å²) in [4.78, 5) is 23.8. The topological polar surface area (TPSA) is 61.8 Å². The van der Waals surface area contributed by atoms with E-state index in [0.29, 0.717) is 16.9 Å². The fourth-order valence-electron chi connectivity index (χ4n) is 2.06. The number of benzene rings is 2.